The number of aromatic nitrogens is 1. The second kappa shape index (κ2) is 6.07. The van der Waals surface area contributed by atoms with Crippen molar-refractivity contribution >= 4 is 32.4 Å². The van der Waals surface area contributed by atoms with Crippen LogP contribution in [0.3, 0.4) is 0 Å². The monoisotopic (exact) mass is 333 g/mol. The lowest BCUT2D eigenvalue weighted by Gasteiger charge is -2.35. The van der Waals surface area contributed by atoms with Crippen LogP contribution in [-0.2, 0) is 10.0 Å². The summed E-state index contributed by atoms with van der Waals surface area (Å²) in [5.74, 6) is 0.499. The molecule has 1 aliphatic heterocycles. The van der Waals surface area contributed by atoms with Crippen LogP contribution < -0.4 is 11.1 Å². The van der Waals surface area contributed by atoms with E-state index in [1.807, 2.05) is 0 Å². The molecule has 120 valence electrons. The third kappa shape index (κ3) is 3.31. The first-order valence-corrected chi connectivity index (χ1v) is 9.07. The fourth-order valence-corrected chi connectivity index (χ4v) is 4.68. The van der Waals surface area contributed by atoms with Gasteiger partial charge >= 0.3 is 0 Å². The number of sulfonamides is 1. The van der Waals surface area contributed by atoms with Gasteiger partial charge in [0.15, 0.2) is 10.7 Å². The van der Waals surface area contributed by atoms with E-state index in [9.17, 15) is 8.42 Å². The van der Waals surface area contributed by atoms with Crippen molar-refractivity contribution < 1.29 is 8.42 Å². The van der Waals surface area contributed by atoms with Gasteiger partial charge in [0.25, 0.3) is 0 Å². The molecule has 0 radical (unpaired) electrons. The number of nitrogens with two attached hydrogens (primary N) is 1. The fourth-order valence-electron chi connectivity index (χ4n) is 2.55. The van der Waals surface area contributed by atoms with Crippen molar-refractivity contribution in [1.29, 1.82) is 0 Å². The summed E-state index contributed by atoms with van der Waals surface area (Å²) in [5, 5.41) is 3.89. The quantitative estimate of drug-likeness (QED) is 0.844. The Balaban J connectivity index is 2.26. The van der Waals surface area contributed by atoms with Gasteiger partial charge in [0.2, 0.25) is 10.0 Å². The summed E-state index contributed by atoms with van der Waals surface area (Å²) < 4.78 is 29.9. The SMILES string of the molecule is CC1CN(C)CCC1Nc1snc(N)c1S(=O)(=O)N(C)C. The molecule has 0 spiro atoms. The smallest absolute Gasteiger partial charge is 0.249 e. The maximum Gasteiger partial charge on any atom is 0.249 e. The molecule has 7 nitrogen and oxygen atoms in total. The molecule has 9 heteroatoms. The lowest BCUT2D eigenvalue weighted by Crippen LogP contribution is -2.43. The largest absolute Gasteiger partial charge is 0.382 e. The number of nitrogens with zero attached hydrogens (tertiary/aromatic N) is 3. The summed E-state index contributed by atoms with van der Waals surface area (Å²) >= 11 is 1.11. The summed E-state index contributed by atoms with van der Waals surface area (Å²) in [4.78, 5) is 2.38. The van der Waals surface area contributed by atoms with Crippen LogP contribution in [0.1, 0.15) is 13.3 Å². The van der Waals surface area contributed by atoms with Crippen LogP contribution in [0.2, 0.25) is 0 Å². The Morgan fingerprint density at radius 1 is 1.48 bits per heavy atom. The number of anilines is 2. The summed E-state index contributed by atoms with van der Waals surface area (Å²) in [7, 11) is 1.49. The lowest BCUT2D eigenvalue weighted by molar-refractivity contribution is 0.206. The van der Waals surface area contributed by atoms with Crippen LogP contribution in [0.5, 0.6) is 0 Å². The second-order valence-corrected chi connectivity index (χ2v) is 8.65. The molecule has 1 fully saturated rings. The zero-order chi connectivity index (χ0) is 15.8. The Morgan fingerprint density at radius 3 is 2.71 bits per heavy atom. The molecule has 2 rings (SSSR count). The van der Waals surface area contributed by atoms with Crippen molar-refractivity contribution in [3.05, 3.63) is 0 Å². The van der Waals surface area contributed by atoms with E-state index in [2.05, 4.69) is 28.6 Å². The topological polar surface area (TPSA) is 91.6 Å². The van der Waals surface area contributed by atoms with Crippen molar-refractivity contribution in [2.75, 3.05) is 45.3 Å². The summed E-state index contributed by atoms with van der Waals surface area (Å²) in [6.07, 6.45) is 0.969. The van der Waals surface area contributed by atoms with Gasteiger partial charge in [-0.2, -0.15) is 4.37 Å². The summed E-state index contributed by atoms with van der Waals surface area (Å²) in [6, 6.07) is 0.233. The van der Waals surface area contributed by atoms with Crippen LogP contribution >= 0.6 is 11.5 Å². The van der Waals surface area contributed by atoms with E-state index in [4.69, 9.17) is 5.73 Å². The zero-order valence-electron chi connectivity index (χ0n) is 12.8. The van der Waals surface area contributed by atoms with E-state index in [0.29, 0.717) is 10.9 Å². The van der Waals surface area contributed by atoms with Crippen molar-refractivity contribution in [3.63, 3.8) is 0 Å². The minimum absolute atomic E-state index is 0.0665. The molecule has 1 aliphatic rings. The normalized spacial score (nSPS) is 24.4. The standard InChI is InChI=1S/C12H23N5O2S2/c1-8-7-17(4)6-5-9(8)14-12-10(11(13)15-20-12)21(18,19)16(2)3/h8-9,14H,5-7H2,1-4H3,(H2,13,15). The molecular weight excluding hydrogens is 310 g/mol. The Hall–Kier alpha value is -0.900. The average Bonchev–Trinajstić information content (AvgIpc) is 2.74. The van der Waals surface area contributed by atoms with Gasteiger partial charge in [0, 0.05) is 26.7 Å². The van der Waals surface area contributed by atoms with Crippen molar-refractivity contribution in [2.24, 2.45) is 5.92 Å². The van der Waals surface area contributed by atoms with Gasteiger partial charge in [-0.3, -0.25) is 0 Å². The van der Waals surface area contributed by atoms with Gasteiger partial charge in [-0.05, 0) is 37.5 Å². The molecule has 1 aromatic heterocycles. The van der Waals surface area contributed by atoms with E-state index in [1.165, 1.54) is 14.1 Å². The molecule has 0 amide bonds. The molecule has 21 heavy (non-hydrogen) atoms. The third-order valence-corrected chi connectivity index (χ3v) is 6.65. The Bertz CT molecular complexity index is 599. The Labute approximate surface area is 130 Å². The first-order chi connectivity index (χ1) is 9.73. The maximum absolute atomic E-state index is 12.4. The number of rotatable bonds is 4. The molecule has 0 saturated carbocycles. The average molecular weight is 333 g/mol. The molecule has 2 unspecified atom stereocenters. The van der Waals surface area contributed by atoms with Crippen LogP contribution in [0, 0.1) is 5.92 Å². The summed E-state index contributed by atoms with van der Waals surface area (Å²) in [6.45, 7) is 4.14. The second-order valence-electron chi connectivity index (χ2n) is 5.79. The number of nitrogens with one attached hydrogen (secondary N) is 1. The van der Waals surface area contributed by atoms with Gasteiger partial charge < -0.3 is 16.0 Å². The molecular formula is C12H23N5O2S2. The Kier molecular flexibility index (Phi) is 4.76. The highest BCUT2D eigenvalue weighted by Crippen LogP contribution is 2.34. The van der Waals surface area contributed by atoms with Gasteiger partial charge in [-0.25, -0.2) is 12.7 Å². The highest BCUT2D eigenvalue weighted by molar-refractivity contribution is 7.89. The lowest BCUT2D eigenvalue weighted by atomic mass is 9.94. The molecule has 0 aliphatic carbocycles. The molecule has 0 bridgehead atoms. The van der Waals surface area contributed by atoms with Gasteiger partial charge in [0.1, 0.15) is 5.00 Å². The number of hydrogen-bond donors (Lipinski definition) is 2. The zero-order valence-corrected chi connectivity index (χ0v) is 14.5. The van der Waals surface area contributed by atoms with Gasteiger partial charge in [0.05, 0.1) is 0 Å². The van der Waals surface area contributed by atoms with Gasteiger partial charge in [-0.1, -0.05) is 6.92 Å². The van der Waals surface area contributed by atoms with Gasteiger partial charge in [-0.15, -0.1) is 0 Å². The number of nitrogen functional groups attached to an aromatic ring is 1. The fraction of sp³-hybridized carbons (Fsp3) is 0.750. The molecule has 1 aromatic rings. The molecule has 1 saturated heterocycles. The number of hydrogen-bond acceptors (Lipinski definition) is 7. The first kappa shape index (κ1) is 16.5. The molecule has 0 aromatic carbocycles. The van der Waals surface area contributed by atoms with E-state index in [-0.39, 0.29) is 16.8 Å². The molecule has 3 N–H and O–H groups in total. The van der Waals surface area contributed by atoms with Crippen LogP contribution in [0.15, 0.2) is 4.90 Å². The number of piperidine rings is 1. The molecule has 2 heterocycles. The third-order valence-electron chi connectivity index (χ3n) is 3.84. The first-order valence-electron chi connectivity index (χ1n) is 6.86. The van der Waals surface area contributed by atoms with E-state index < -0.39 is 10.0 Å². The van der Waals surface area contributed by atoms with Crippen LogP contribution in [0.4, 0.5) is 10.8 Å². The predicted octanol–water partition coefficient (Wildman–Crippen LogP) is 0.728. The minimum Gasteiger partial charge on any atom is -0.382 e. The van der Waals surface area contributed by atoms with Crippen molar-refractivity contribution in [2.45, 2.75) is 24.3 Å². The van der Waals surface area contributed by atoms with Crippen LogP contribution in [-0.4, -0.2) is 62.3 Å². The minimum atomic E-state index is -3.59. The highest BCUT2D eigenvalue weighted by Gasteiger charge is 2.31. The summed E-state index contributed by atoms with van der Waals surface area (Å²) in [5.41, 5.74) is 5.77. The van der Waals surface area contributed by atoms with Crippen molar-refractivity contribution in [3.8, 4) is 0 Å². The van der Waals surface area contributed by atoms with E-state index in [1.54, 1.807) is 0 Å². The maximum atomic E-state index is 12.4. The van der Waals surface area contributed by atoms with E-state index in [0.717, 1.165) is 35.3 Å². The molecule has 2 atom stereocenters. The predicted molar refractivity (Wildman–Crippen MR) is 86.1 cm³/mol. The van der Waals surface area contributed by atoms with Crippen molar-refractivity contribution in [1.82, 2.24) is 13.6 Å². The highest BCUT2D eigenvalue weighted by atomic mass is 32.2. The van der Waals surface area contributed by atoms with Crippen LogP contribution in [0.25, 0.3) is 0 Å². The van der Waals surface area contributed by atoms with E-state index >= 15 is 0 Å². The Morgan fingerprint density at radius 2 is 2.14 bits per heavy atom. The number of likely N-dealkylation sites (tertiary alicyclic amines) is 1.